The first-order valence-corrected chi connectivity index (χ1v) is 10.6. The largest absolute Gasteiger partial charge is 0.348 e. The third kappa shape index (κ3) is 4.56. The fourth-order valence-electron chi connectivity index (χ4n) is 3.28. The van der Waals surface area contributed by atoms with E-state index in [-0.39, 0.29) is 11.8 Å². The normalized spacial score (nSPS) is 15.3. The molecule has 2 heterocycles. The van der Waals surface area contributed by atoms with Gasteiger partial charge >= 0.3 is 0 Å². The highest BCUT2D eigenvalue weighted by atomic mass is 32.2. The van der Waals surface area contributed by atoms with Crippen LogP contribution in [0.1, 0.15) is 16.9 Å². The molecule has 0 aliphatic carbocycles. The van der Waals surface area contributed by atoms with Crippen LogP contribution in [0.3, 0.4) is 0 Å². The molecular formula is C20H27N5O2S. The van der Waals surface area contributed by atoms with Crippen molar-refractivity contribution < 1.29 is 9.59 Å². The molecule has 2 amide bonds. The minimum atomic E-state index is -0.0163. The van der Waals surface area contributed by atoms with Crippen LogP contribution in [0.2, 0.25) is 0 Å². The van der Waals surface area contributed by atoms with Crippen LogP contribution in [0.25, 0.3) is 5.69 Å². The predicted molar refractivity (Wildman–Crippen MR) is 111 cm³/mol. The number of rotatable bonds is 5. The summed E-state index contributed by atoms with van der Waals surface area (Å²) in [6.45, 7) is 3.19. The second-order valence-electron chi connectivity index (χ2n) is 7.01. The molecule has 1 aliphatic heterocycles. The first kappa shape index (κ1) is 20.4. The first-order chi connectivity index (χ1) is 13.5. The first-order valence-electron chi connectivity index (χ1n) is 9.40. The Balaban J connectivity index is 1.76. The van der Waals surface area contributed by atoms with Gasteiger partial charge in [0, 0.05) is 46.0 Å². The molecule has 0 radical (unpaired) electrons. The summed E-state index contributed by atoms with van der Waals surface area (Å²) in [5.74, 6) is 0.0731. The minimum absolute atomic E-state index is 0.0163. The topological polar surface area (TPSA) is 61.7 Å². The number of likely N-dealkylation sites (N-methyl/N-ethyl adjacent to an activating group) is 1. The number of thioether (sulfide) groups is 1. The Morgan fingerprint density at radius 3 is 2.54 bits per heavy atom. The van der Waals surface area contributed by atoms with Crippen molar-refractivity contribution in [1.29, 1.82) is 0 Å². The number of carbonyl (C=O) groups excluding carboxylic acids is 2. The maximum absolute atomic E-state index is 13.3. The number of para-hydroxylation sites is 1. The Morgan fingerprint density at radius 2 is 1.86 bits per heavy atom. The van der Waals surface area contributed by atoms with E-state index in [1.165, 1.54) is 11.8 Å². The van der Waals surface area contributed by atoms with Crippen LogP contribution in [-0.4, -0.2) is 89.1 Å². The Hall–Kier alpha value is -2.32. The highest BCUT2D eigenvalue weighted by molar-refractivity contribution is 7.98. The standard InChI is InChI=1S/C20H27N5O2S/c1-22(2)18(26)15-23-10-7-11-24(13-12-23)19(27)17-14-21-20(28-3)25(17)16-8-5-4-6-9-16/h4-6,8-9,14H,7,10-13,15H2,1-3H3. The molecule has 0 bridgehead atoms. The molecule has 2 aromatic rings. The van der Waals surface area contributed by atoms with Gasteiger partial charge in [0.25, 0.3) is 5.91 Å². The lowest BCUT2D eigenvalue weighted by molar-refractivity contribution is -0.129. The van der Waals surface area contributed by atoms with E-state index in [1.807, 2.05) is 46.1 Å². The Morgan fingerprint density at radius 1 is 1.11 bits per heavy atom. The van der Waals surface area contributed by atoms with E-state index in [1.54, 1.807) is 25.2 Å². The van der Waals surface area contributed by atoms with Gasteiger partial charge in [-0.1, -0.05) is 30.0 Å². The van der Waals surface area contributed by atoms with Gasteiger partial charge < -0.3 is 9.80 Å². The summed E-state index contributed by atoms with van der Waals surface area (Å²) in [5.41, 5.74) is 1.51. The summed E-state index contributed by atoms with van der Waals surface area (Å²) in [6.07, 6.45) is 4.47. The van der Waals surface area contributed by atoms with E-state index in [2.05, 4.69) is 9.88 Å². The molecule has 7 nitrogen and oxygen atoms in total. The van der Waals surface area contributed by atoms with Crippen LogP contribution in [0.15, 0.2) is 41.7 Å². The molecule has 1 aliphatic rings. The lowest BCUT2D eigenvalue weighted by Gasteiger charge is -2.23. The number of carbonyl (C=O) groups is 2. The summed E-state index contributed by atoms with van der Waals surface area (Å²) in [7, 11) is 3.54. The zero-order valence-electron chi connectivity index (χ0n) is 16.7. The van der Waals surface area contributed by atoms with Crippen molar-refractivity contribution in [3.05, 3.63) is 42.2 Å². The summed E-state index contributed by atoms with van der Waals surface area (Å²) >= 11 is 1.52. The zero-order chi connectivity index (χ0) is 20.1. The summed E-state index contributed by atoms with van der Waals surface area (Å²) in [5, 5.41) is 0.794. The van der Waals surface area contributed by atoms with Crippen LogP contribution in [0.4, 0.5) is 0 Å². The number of aromatic nitrogens is 2. The molecule has 0 saturated carbocycles. The third-order valence-electron chi connectivity index (χ3n) is 4.88. The van der Waals surface area contributed by atoms with Crippen molar-refractivity contribution in [2.24, 2.45) is 0 Å². The molecule has 0 N–H and O–H groups in total. The van der Waals surface area contributed by atoms with Crippen molar-refractivity contribution in [3.8, 4) is 5.69 Å². The fraction of sp³-hybridized carbons (Fsp3) is 0.450. The van der Waals surface area contributed by atoms with Crippen LogP contribution in [0, 0.1) is 0 Å². The summed E-state index contributed by atoms with van der Waals surface area (Å²) < 4.78 is 1.92. The molecule has 1 fully saturated rings. The molecule has 1 saturated heterocycles. The molecule has 0 spiro atoms. The van der Waals surface area contributed by atoms with Crippen molar-refractivity contribution in [3.63, 3.8) is 0 Å². The number of benzene rings is 1. The van der Waals surface area contributed by atoms with Crippen LogP contribution < -0.4 is 0 Å². The quantitative estimate of drug-likeness (QED) is 0.716. The molecule has 28 heavy (non-hydrogen) atoms. The maximum Gasteiger partial charge on any atom is 0.272 e. The van der Waals surface area contributed by atoms with E-state index >= 15 is 0 Å². The Kier molecular flexibility index (Phi) is 6.74. The Labute approximate surface area is 170 Å². The van der Waals surface area contributed by atoms with Crippen LogP contribution in [-0.2, 0) is 4.79 Å². The smallest absolute Gasteiger partial charge is 0.272 e. The van der Waals surface area contributed by atoms with E-state index in [0.717, 1.165) is 23.8 Å². The monoisotopic (exact) mass is 401 g/mol. The number of hydrogen-bond acceptors (Lipinski definition) is 5. The number of imidazole rings is 1. The van der Waals surface area contributed by atoms with Crippen LogP contribution >= 0.6 is 11.8 Å². The second-order valence-corrected chi connectivity index (χ2v) is 7.78. The molecule has 150 valence electrons. The van der Waals surface area contributed by atoms with Crippen molar-refractivity contribution in [1.82, 2.24) is 24.3 Å². The lowest BCUT2D eigenvalue weighted by Crippen LogP contribution is -2.39. The van der Waals surface area contributed by atoms with E-state index in [9.17, 15) is 9.59 Å². The highest BCUT2D eigenvalue weighted by Crippen LogP contribution is 2.23. The maximum atomic E-state index is 13.3. The molecule has 0 atom stereocenters. The van der Waals surface area contributed by atoms with Gasteiger partial charge in [0.05, 0.1) is 12.7 Å². The SMILES string of the molecule is CSc1ncc(C(=O)N2CCCN(CC(=O)N(C)C)CC2)n1-c1ccccc1. The van der Waals surface area contributed by atoms with Gasteiger partial charge in [0.1, 0.15) is 5.69 Å². The number of amides is 2. The molecule has 1 aromatic carbocycles. The van der Waals surface area contributed by atoms with Gasteiger partial charge in [-0.3, -0.25) is 19.1 Å². The average molecular weight is 402 g/mol. The van der Waals surface area contributed by atoms with E-state index in [0.29, 0.717) is 31.9 Å². The molecule has 1 aromatic heterocycles. The van der Waals surface area contributed by atoms with E-state index < -0.39 is 0 Å². The Bertz CT molecular complexity index is 821. The van der Waals surface area contributed by atoms with Gasteiger partial charge in [0.15, 0.2) is 5.16 Å². The van der Waals surface area contributed by atoms with Gasteiger partial charge in [-0.15, -0.1) is 0 Å². The van der Waals surface area contributed by atoms with E-state index in [4.69, 9.17) is 0 Å². The third-order valence-corrected chi connectivity index (χ3v) is 5.53. The summed E-state index contributed by atoms with van der Waals surface area (Å²) in [6, 6.07) is 9.84. The van der Waals surface area contributed by atoms with Gasteiger partial charge in [0.2, 0.25) is 5.91 Å². The second kappa shape index (κ2) is 9.25. The molecule has 8 heteroatoms. The molecular weight excluding hydrogens is 374 g/mol. The fourth-order valence-corrected chi connectivity index (χ4v) is 3.83. The van der Waals surface area contributed by atoms with Crippen molar-refractivity contribution in [2.45, 2.75) is 11.6 Å². The number of hydrogen-bond donors (Lipinski definition) is 0. The summed E-state index contributed by atoms with van der Waals surface area (Å²) in [4.78, 5) is 35.3. The minimum Gasteiger partial charge on any atom is -0.348 e. The van der Waals surface area contributed by atoms with Gasteiger partial charge in [-0.25, -0.2) is 4.98 Å². The molecule has 3 rings (SSSR count). The van der Waals surface area contributed by atoms with Gasteiger partial charge in [-0.2, -0.15) is 0 Å². The number of nitrogens with zero attached hydrogens (tertiary/aromatic N) is 5. The lowest BCUT2D eigenvalue weighted by atomic mass is 10.3. The average Bonchev–Trinajstić information content (AvgIpc) is 3.00. The predicted octanol–water partition coefficient (Wildman–Crippen LogP) is 1.83. The molecule has 0 unspecified atom stereocenters. The zero-order valence-corrected chi connectivity index (χ0v) is 17.5. The van der Waals surface area contributed by atoms with Crippen LogP contribution in [0.5, 0.6) is 0 Å². The van der Waals surface area contributed by atoms with Crippen molar-refractivity contribution >= 4 is 23.6 Å². The highest BCUT2D eigenvalue weighted by Gasteiger charge is 2.25. The van der Waals surface area contributed by atoms with Crippen molar-refractivity contribution in [2.75, 3.05) is 53.1 Å². The van der Waals surface area contributed by atoms with Gasteiger partial charge in [-0.05, 0) is 24.8 Å².